The van der Waals surface area contributed by atoms with Gasteiger partial charge in [0.15, 0.2) is 5.78 Å². The quantitative estimate of drug-likeness (QED) is 0.710. The molecule has 4 rings (SSSR count). The SMILES string of the molecule is CC(=O)c1ccc(Cl)c(S(=O)(=O)N2c3ccc(C)cc3C3CN(C)CCC32)c1. The fraction of sp³-hybridized carbons (Fsp3) is 0.381. The number of likely N-dealkylation sites (N-methyl/N-ethyl adjacent to an activating group) is 1. The first-order valence-electron chi connectivity index (χ1n) is 9.34. The molecule has 7 heteroatoms. The summed E-state index contributed by atoms with van der Waals surface area (Å²) in [5, 5.41) is 0.134. The molecule has 0 spiro atoms. The summed E-state index contributed by atoms with van der Waals surface area (Å²) in [5.41, 5.74) is 3.24. The van der Waals surface area contributed by atoms with Crippen molar-refractivity contribution in [3.8, 4) is 0 Å². The molecule has 2 aliphatic heterocycles. The standard InChI is InChI=1S/C21H23ClN2O3S/c1-13-4-7-19-16(10-13)17-12-23(3)9-8-20(17)24(19)28(26,27)21-11-15(14(2)25)5-6-18(21)22/h4-7,10-11,17,20H,8-9,12H2,1-3H3. The number of likely N-dealkylation sites (tertiary alicyclic amines) is 1. The number of hydrogen-bond acceptors (Lipinski definition) is 4. The third-order valence-corrected chi connectivity index (χ3v) is 8.10. The lowest BCUT2D eigenvalue weighted by Gasteiger charge is -2.36. The number of piperidine rings is 1. The largest absolute Gasteiger partial charge is 0.306 e. The first-order chi connectivity index (χ1) is 13.2. The van der Waals surface area contributed by atoms with Crippen molar-refractivity contribution in [3.63, 3.8) is 0 Å². The van der Waals surface area contributed by atoms with Crippen molar-refractivity contribution < 1.29 is 13.2 Å². The molecular weight excluding hydrogens is 396 g/mol. The van der Waals surface area contributed by atoms with E-state index in [-0.39, 0.29) is 27.7 Å². The summed E-state index contributed by atoms with van der Waals surface area (Å²) in [6.45, 7) is 5.09. The highest BCUT2D eigenvalue weighted by molar-refractivity contribution is 7.93. The van der Waals surface area contributed by atoms with E-state index in [0.717, 1.165) is 36.3 Å². The predicted octanol–water partition coefficient (Wildman–Crippen LogP) is 3.85. The first kappa shape index (κ1) is 19.4. The molecule has 1 saturated heterocycles. The lowest BCUT2D eigenvalue weighted by Crippen LogP contribution is -2.47. The minimum absolute atomic E-state index is 0.00651. The van der Waals surface area contributed by atoms with Crippen molar-refractivity contribution in [1.29, 1.82) is 0 Å². The Bertz CT molecular complexity index is 1070. The lowest BCUT2D eigenvalue weighted by molar-refractivity contribution is 0.101. The maximum absolute atomic E-state index is 13.7. The van der Waals surface area contributed by atoms with Crippen LogP contribution >= 0.6 is 11.6 Å². The Balaban J connectivity index is 1.88. The van der Waals surface area contributed by atoms with E-state index >= 15 is 0 Å². The van der Waals surface area contributed by atoms with Gasteiger partial charge < -0.3 is 4.90 Å². The maximum atomic E-state index is 13.7. The monoisotopic (exact) mass is 418 g/mol. The number of hydrogen-bond donors (Lipinski definition) is 0. The number of carbonyl (C=O) groups is 1. The Labute approximate surface area is 171 Å². The molecule has 28 heavy (non-hydrogen) atoms. The second-order valence-electron chi connectivity index (χ2n) is 7.79. The smallest absolute Gasteiger partial charge is 0.266 e. The zero-order valence-electron chi connectivity index (χ0n) is 16.1. The normalized spacial score (nSPS) is 22.1. The molecule has 0 saturated carbocycles. The van der Waals surface area contributed by atoms with Crippen LogP contribution in [0.3, 0.4) is 0 Å². The van der Waals surface area contributed by atoms with Crippen molar-refractivity contribution in [1.82, 2.24) is 4.90 Å². The van der Waals surface area contributed by atoms with Crippen LogP contribution in [0.2, 0.25) is 5.02 Å². The Kier molecular flexibility index (Phi) is 4.76. The van der Waals surface area contributed by atoms with Crippen molar-refractivity contribution in [2.24, 2.45) is 0 Å². The Morgan fingerprint density at radius 2 is 1.93 bits per heavy atom. The fourth-order valence-corrected chi connectivity index (χ4v) is 6.62. The first-order valence-corrected chi connectivity index (χ1v) is 11.2. The van der Waals surface area contributed by atoms with Gasteiger partial charge in [-0.1, -0.05) is 29.3 Å². The number of anilines is 1. The van der Waals surface area contributed by atoms with Crippen molar-refractivity contribution in [2.45, 2.75) is 37.1 Å². The van der Waals surface area contributed by atoms with E-state index in [1.807, 2.05) is 19.1 Å². The molecule has 148 valence electrons. The summed E-state index contributed by atoms with van der Waals surface area (Å²) < 4.78 is 29.0. The van der Waals surface area contributed by atoms with Gasteiger partial charge in [0.25, 0.3) is 10.0 Å². The molecule has 2 heterocycles. The summed E-state index contributed by atoms with van der Waals surface area (Å²) in [7, 11) is -1.84. The van der Waals surface area contributed by atoms with E-state index in [2.05, 4.69) is 18.0 Å². The summed E-state index contributed by atoms with van der Waals surface area (Å²) in [5.74, 6) is -0.0686. The number of Topliss-reactive ketones (excluding diaryl/α,β-unsaturated/α-hetero) is 1. The lowest BCUT2D eigenvalue weighted by atomic mass is 9.89. The number of rotatable bonds is 3. The number of ketones is 1. The van der Waals surface area contributed by atoms with Crippen LogP contribution in [0.5, 0.6) is 0 Å². The molecule has 0 bridgehead atoms. The third-order valence-electron chi connectivity index (χ3n) is 5.78. The predicted molar refractivity (Wildman–Crippen MR) is 111 cm³/mol. The van der Waals surface area contributed by atoms with Gasteiger partial charge >= 0.3 is 0 Å². The van der Waals surface area contributed by atoms with E-state index in [9.17, 15) is 13.2 Å². The van der Waals surface area contributed by atoms with Crippen LogP contribution in [-0.4, -0.2) is 45.3 Å². The van der Waals surface area contributed by atoms with Crippen LogP contribution < -0.4 is 4.31 Å². The van der Waals surface area contributed by atoms with Crippen LogP contribution in [0.1, 0.15) is 40.7 Å². The number of sulfonamides is 1. The van der Waals surface area contributed by atoms with Gasteiger partial charge in [0.1, 0.15) is 4.90 Å². The van der Waals surface area contributed by atoms with Crippen LogP contribution in [0.15, 0.2) is 41.3 Å². The zero-order chi connectivity index (χ0) is 20.2. The molecule has 2 aromatic carbocycles. The number of carbonyl (C=O) groups excluding carboxylic acids is 1. The highest BCUT2D eigenvalue weighted by atomic mass is 35.5. The number of fused-ring (bicyclic) bond motifs is 3. The fourth-order valence-electron chi connectivity index (χ4n) is 4.37. The van der Waals surface area contributed by atoms with E-state index in [1.54, 1.807) is 10.4 Å². The van der Waals surface area contributed by atoms with Gasteiger partial charge in [-0.25, -0.2) is 8.42 Å². The van der Waals surface area contributed by atoms with Gasteiger partial charge in [-0.15, -0.1) is 0 Å². The highest BCUT2D eigenvalue weighted by Crippen LogP contribution is 2.48. The second kappa shape index (κ2) is 6.87. The van der Waals surface area contributed by atoms with Crippen molar-refractivity contribution >= 4 is 33.1 Å². The molecule has 1 fully saturated rings. The molecule has 0 aromatic heterocycles. The minimum Gasteiger partial charge on any atom is -0.306 e. The number of aryl methyl sites for hydroxylation is 1. The summed E-state index contributed by atoms with van der Waals surface area (Å²) >= 11 is 6.29. The van der Waals surface area contributed by atoms with Crippen LogP contribution in [-0.2, 0) is 10.0 Å². The topological polar surface area (TPSA) is 57.7 Å². The molecule has 2 unspecified atom stereocenters. The summed E-state index contributed by atoms with van der Waals surface area (Å²) in [6.07, 6.45) is 0.748. The Morgan fingerprint density at radius 1 is 1.18 bits per heavy atom. The molecular formula is C21H23ClN2O3S. The Morgan fingerprint density at radius 3 is 2.64 bits per heavy atom. The molecule has 5 nitrogen and oxygen atoms in total. The molecule has 0 amide bonds. The van der Waals surface area contributed by atoms with E-state index in [0.29, 0.717) is 5.56 Å². The number of halogens is 1. The van der Waals surface area contributed by atoms with Gasteiger partial charge in [-0.3, -0.25) is 9.10 Å². The molecule has 2 aliphatic rings. The summed E-state index contributed by atoms with van der Waals surface area (Å²) in [4.78, 5) is 14.0. The number of nitrogens with zero attached hydrogens (tertiary/aromatic N) is 2. The van der Waals surface area contributed by atoms with Gasteiger partial charge in [0, 0.05) is 18.0 Å². The highest BCUT2D eigenvalue weighted by Gasteiger charge is 2.47. The minimum atomic E-state index is -3.91. The molecule has 2 aromatic rings. The van der Waals surface area contributed by atoms with E-state index in [1.165, 1.54) is 19.1 Å². The molecule has 0 aliphatic carbocycles. The third kappa shape index (κ3) is 3.04. The van der Waals surface area contributed by atoms with E-state index < -0.39 is 10.0 Å². The van der Waals surface area contributed by atoms with Gasteiger partial charge in [0.2, 0.25) is 0 Å². The average molecular weight is 419 g/mol. The van der Waals surface area contributed by atoms with Crippen LogP contribution in [0.4, 0.5) is 5.69 Å². The molecule has 2 atom stereocenters. The maximum Gasteiger partial charge on any atom is 0.266 e. The average Bonchev–Trinajstić information content (AvgIpc) is 2.95. The van der Waals surface area contributed by atoms with Crippen molar-refractivity contribution in [2.75, 3.05) is 24.4 Å². The number of benzene rings is 2. The van der Waals surface area contributed by atoms with Crippen LogP contribution in [0, 0.1) is 6.92 Å². The van der Waals surface area contributed by atoms with Crippen LogP contribution in [0.25, 0.3) is 0 Å². The Hall–Kier alpha value is -1.89. The molecule has 0 N–H and O–H groups in total. The van der Waals surface area contributed by atoms with Gasteiger partial charge in [-0.2, -0.15) is 0 Å². The van der Waals surface area contributed by atoms with Crippen molar-refractivity contribution in [3.05, 3.63) is 58.1 Å². The zero-order valence-corrected chi connectivity index (χ0v) is 17.7. The molecule has 0 radical (unpaired) electrons. The van der Waals surface area contributed by atoms with Gasteiger partial charge in [0.05, 0.1) is 16.8 Å². The van der Waals surface area contributed by atoms with Gasteiger partial charge in [-0.05, 0) is 63.7 Å². The second-order valence-corrected chi connectivity index (χ2v) is 9.98. The summed E-state index contributed by atoms with van der Waals surface area (Å²) in [6, 6.07) is 10.2. The van der Waals surface area contributed by atoms with E-state index in [4.69, 9.17) is 11.6 Å².